The third-order valence-electron chi connectivity index (χ3n) is 6.35. The lowest BCUT2D eigenvalue weighted by Crippen LogP contribution is -2.33. The van der Waals surface area contributed by atoms with Crippen molar-refractivity contribution in [1.82, 2.24) is 19.5 Å². The smallest absolute Gasteiger partial charge is 0.277 e. The molecule has 1 atom stereocenters. The second kappa shape index (κ2) is 10.3. The maximum atomic E-state index is 13.5. The average molecular weight is 478 g/mol. The topological polar surface area (TPSA) is 88.4 Å². The van der Waals surface area contributed by atoms with E-state index < -0.39 is 0 Å². The van der Waals surface area contributed by atoms with E-state index in [1.54, 1.807) is 10.8 Å². The second-order valence-electron chi connectivity index (χ2n) is 9.06. The number of nitrogens with one attached hydrogen (secondary N) is 1. The van der Waals surface area contributed by atoms with Crippen molar-refractivity contribution in [3.05, 3.63) is 52.2 Å². The van der Waals surface area contributed by atoms with Crippen LogP contribution in [0.3, 0.4) is 0 Å². The van der Waals surface area contributed by atoms with Crippen molar-refractivity contribution in [2.75, 3.05) is 48.9 Å². The first-order chi connectivity index (χ1) is 16.8. The molecule has 0 spiro atoms. The molecule has 1 N–H and O–H groups in total. The van der Waals surface area contributed by atoms with Gasteiger partial charge in [-0.25, -0.2) is 15.0 Å². The number of aryl methyl sites for hydroxylation is 2. The maximum absolute atomic E-state index is 13.5. The lowest BCUT2D eigenvalue weighted by Gasteiger charge is -2.21. The van der Waals surface area contributed by atoms with Crippen molar-refractivity contribution in [2.45, 2.75) is 46.7 Å². The summed E-state index contributed by atoms with van der Waals surface area (Å²) < 4.78 is 7.35. The van der Waals surface area contributed by atoms with E-state index in [2.05, 4.69) is 20.2 Å². The molecular weight excluding hydrogens is 442 g/mol. The highest BCUT2D eigenvalue weighted by Crippen LogP contribution is 2.27. The van der Waals surface area contributed by atoms with Crippen LogP contribution in [0.5, 0.6) is 5.75 Å². The summed E-state index contributed by atoms with van der Waals surface area (Å²) in [7, 11) is 3.92. The van der Waals surface area contributed by atoms with E-state index in [1.165, 1.54) is 0 Å². The van der Waals surface area contributed by atoms with Gasteiger partial charge in [0.05, 0.1) is 12.3 Å². The Morgan fingerprint density at radius 1 is 1.20 bits per heavy atom. The molecule has 9 heteroatoms. The summed E-state index contributed by atoms with van der Waals surface area (Å²) in [6, 6.07) is 5.98. The minimum Gasteiger partial charge on any atom is -0.494 e. The molecule has 3 aromatic rings. The Morgan fingerprint density at radius 3 is 2.69 bits per heavy atom. The van der Waals surface area contributed by atoms with Gasteiger partial charge in [-0.15, -0.1) is 0 Å². The summed E-state index contributed by atoms with van der Waals surface area (Å²) in [5.41, 5.74) is 3.11. The SMILES string of the molecule is CCOc1ccnc(N2CCC(Nc3c(C)nc(-c4cnc(N(C)C)cc4C)n(CC)c3=O)C2)c1. The third-order valence-corrected chi connectivity index (χ3v) is 6.35. The zero-order valence-electron chi connectivity index (χ0n) is 21.5. The van der Waals surface area contributed by atoms with E-state index in [4.69, 9.17) is 9.72 Å². The van der Waals surface area contributed by atoms with E-state index >= 15 is 0 Å². The summed E-state index contributed by atoms with van der Waals surface area (Å²) in [6.07, 6.45) is 4.49. The Balaban J connectivity index is 1.58. The van der Waals surface area contributed by atoms with Gasteiger partial charge in [-0.1, -0.05) is 0 Å². The number of ether oxygens (including phenoxy) is 1. The highest BCUT2D eigenvalue weighted by molar-refractivity contribution is 5.64. The minimum atomic E-state index is -0.0546. The number of pyridine rings is 2. The lowest BCUT2D eigenvalue weighted by molar-refractivity contribution is 0.340. The van der Waals surface area contributed by atoms with Crippen LogP contribution >= 0.6 is 0 Å². The molecule has 35 heavy (non-hydrogen) atoms. The maximum Gasteiger partial charge on any atom is 0.277 e. The molecule has 1 unspecified atom stereocenters. The Labute approximate surface area is 206 Å². The van der Waals surface area contributed by atoms with Gasteiger partial charge in [-0.3, -0.25) is 9.36 Å². The van der Waals surface area contributed by atoms with Gasteiger partial charge < -0.3 is 19.9 Å². The summed E-state index contributed by atoms with van der Waals surface area (Å²) in [5, 5.41) is 3.49. The molecule has 3 aromatic heterocycles. The number of hydrogen-bond donors (Lipinski definition) is 1. The van der Waals surface area contributed by atoms with Gasteiger partial charge >= 0.3 is 0 Å². The predicted octanol–water partition coefficient (Wildman–Crippen LogP) is 3.49. The first-order valence-corrected chi connectivity index (χ1v) is 12.2. The van der Waals surface area contributed by atoms with Crippen LogP contribution in [0.2, 0.25) is 0 Å². The fourth-order valence-corrected chi connectivity index (χ4v) is 4.47. The van der Waals surface area contributed by atoms with E-state index in [0.717, 1.165) is 48.0 Å². The van der Waals surface area contributed by atoms with Crippen LogP contribution in [-0.2, 0) is 6.54 Å². The fourth-order valence-electron chi connectivity index (χ4n) is 4.47. The number of aromatic nitrogens is 4. The fraction of sp³-hybridized carbons (Fsp3) is 0.462. The number of hydrogen-bond acceptors (Lipinski definition) is 8. The van der Waals surface area contributed by atoms with Crippen LogP contribution in [0.1, 0.15) is 31.5 Å². The van der Waals surface area contributed by atoms with Crippen LogP contribution in [0, 0.1) is 13.8 Å². The third kappa shape index (κ3) is 5.08. The summed E-state index contributed by atoms with van der Waals surface area (Å²) in [6.45, 7) is 10.6. The Bertz CT molecular complexity index is 1250. The molecule has 9 nitrogen and oxygen atoms in total. The average Bonchev–Trinajstić information content (AvgIpc) is 3.30. The molecular formula is C26H35N7O2. The predicted molar refractivity (Wildman–Crippen MR) is 141 cm³/mol. The van der Waals surface area contributed by atoms with Crippen LogP contribution in [0.25, 0.3) is 11.4 Å². The highest BCUT2D eigenvalue weighted by atomic mass is 16.5. The highest BCUT2D eigenvalue weighted by Gasteiger charge is 2.26. The largest absolute Gasteiger partial charge is 0.494 e. The van der Waals surface area contributed by atoms with Gasteiger partial charge in [0.2, 0.25) is 0 Å². The molecule has 0 aromatic carbocycles. The van der Waals surface area contributed by atoms with Crippen LogP contribution in [0.15, 0.2) is 35.4 Å². The summed E-state index contributed by atoms with van der Waals surface area (Å²) in [5.74, 6) is 3.24. The lowest BCUT2D eigenvalue weighted by atomic mass is 10.1. The first-order valence-electron chi connectivity index (χ1n) is 12.2. The van der Waals surface area contributed by atoms with Gasteiger partial charge in [0.15, 0.2) is 0 Å². The Morgan fingerprint density at radius 2 is 2.00 bits per heavy atom. The van der Waals surface area contributed by atoms with Crippen LogP contribution < -0.4 is 25.4 Å². The zero-order chi connectivity index (χ0) is 25.1. The van der Waals surface area contributed by atoms with E-state index in [-0.39, 0.29) is 11.6 Å². The second-order valence-corrected chi connectivity index (χ2v) is 9.06. The molecule has 1 fully saturated rings. The molecule has 1 saturated heterocycles. The number of nitrogens with zero attached hydrogens (tertiary/aromatic N) is 6. The van der Waals surface area contributed by atoms with Crippen molar-refractivity contribution >= 4 is 17.3 Å². The van der Waals surface area contributed by atoms with Gasteiger partial charge in [-0.2, -0.15) is 0 Å². The van der Waals surface area contributed by atoms with Crippen molar-refractivity contribution in [2.24, 2.45) is 0 Å². The first kappa shape index (κ1) is 24.5. The van der Waals surface area contributed by atoms with Crippen LogP contribution in [-0.4, -0.2) is 59.4 Å². The van der Waals surface area contributed by atoms with Crippen molar-refractivity contribution in [3.63, 3.8) is 0 Å². The number of rotatable bonds is 8. The molecule has 4 rings (SSSR count). The minimum absolute atomic E-state index is 0.0546. The molecule has 1 aliphatic rings. The summed E-state index contributed by atoms with van der Waals surface area (Å²) >= 11 is 0. The van der Waals surface area contributed by atoms with Gasteiger partial charge in [0, 0.05) is 63.8 Å². The van der Waals surface area contributed by atoms with Crippen molar-refractivity contribution < 1.29 is 4.74 Å². The molecule has 0 saturated carbocycles. The molecule has 4 heterocycles. The van der Waals surface area contributed by atoms with Gasteiger partial charge in [0.25, 0.3) is 5.56 Å². The van der Waals surface area contributed by atoms with E-state index in [1.807, 2.05) is 71.1 Å². The van der Waals surface area contributed by atoms with E-state index in [0.29, 0.717) is 30.4 Å². The monoisotopic (exact) mass is 477 g/mol. The molecule has 1 aliphatic heterocycles. The van der Waals surface area contributed by atoms with Crippen molar-refractivity contribution in [1.29, 1.82) is 0 Å². The summed E-state index contributed by atoms with van der Waals surface area (Å²) in [4.78, 5) is 31.6. The number of anilines is 3. The Kier molecular flexibility index (Phi) is 7.23. The normalized spacial score (nSPS) is 15.4. The van der Waals surface area contributed by atoms with Gasteiger partial charge in [0.1, 0.15) is 28.9 Å². The van der Waals surface area contributed by atoms with Crippen LogP contribution in [0.4, 0.5) is 17.3 Å². The molecule has 186 valence electrons. The Hall–Kier alpha value is -3.62. The zero-order valence-corrected chi connectivity index (χ0v) is 21.5. The van der Waals surface area contributed by atoms with Crippen molar-refractivity contribution in [3.8, 4) is 17.1 Å². The van der Waals surface area contributed by atoms with Gasteiger partial charge in [-0.05, 0) is 51.8 Å². The molecule has 0 aliphatic carbocycles. The standard InChI is InChI=1S/C26H35N7O2/c1-7-33-25(21-15-28-22(31(5)6)13-17(21)3)29-18(4)24(26(33)34)30-19-10-12-32(16-19)23-14-20(35-8-2)9-11-27-23/h9,11,13-15,19,30H,7-8,10,12,16H2,1-6H3. The molecule has 0 radical (unpaired) electrons. The van der Waals surface area contributed by atoms with E-state index in [9.17, 15) is 4.79 Å². The quantitative estimate of drug-likeness (QED) is 0.528. The molecule has 0 amide bonds. The molecule has 0 bridgehead atoms.